The molecule has 4 rings (SSSR count). The summed E-state index contributed by atoms with van der Waals surface area (Å²) in [6.07, 6.45) is 2.67. The lowest BCUT2D eigenvalue weighted by atomic mass is 10.1. The second kappa shape index (κ2) is 9.49. The zero-order chi connectivity index (χ0) is 21.8. The quantitative estimate of drug-likeness (QED) is 0.450. The minimum atomic E-state index is -0.162. The molecule has 1 saturated carbocycles. The number of nitrogens with two attached hydrogens (primary N) is 1. The Morgan fingerprint density at radius 2 is 2.00 bits per heavy atom. The van der Waals surface area contributed by atoms with Crippen molar-refractivity contribution in [1.29, 1.82) is 0 Å². The molecule has 0 bridgehead atoms. The van der Waals surface area contributed by atoms with E-state index in [0.29, 0.717) is 37.5 Å². The van der Waals surface area contributed by atoms with Crippen LogP contribution in [0.5, 0.6) is 6.01 Å². The molecule has 1 aliphatic carbocycles. The lowest BCUT2D eigenvalue weighted by Crippen LogP contribution is -2.24. The Morgan fingerprint density at radius 3 is 2.74 bits per heavy atom. The number of benzene rings is 1. The Labute approximate surface area is 181 Å². The van der Waals surface area contributed by atoms with Gasteiger partial charge in [0.05, 0.1) is 13.2 Å². The van der Waals surface area contributed by atoms with Crippen molar-refractivity contribution in [3.05, 3.63) is 45.9 Å². The van der Waals surface area contributed by atoms with Gasteiger partial charge in [0.25, 0.3) is 0 Å². The Balaban J connectivity index is 1.62. The van der Waals surface area contributed by atoms with Crippen LogP contribution in [0.4, 0.5) is 5.82 Å². The van der Waals surface area contributed by atoms with E-state index in [2.05, 4.69) is 27.4 Å². The Kier molecular flexibility index (Phi) is 6.53. The topological polar surface area (TPSA) is 109 Å². The van der Waals surface area contributed by atoms with E-state index in [0.717, 1.165) is 24.6 Å². The van der Waals surface area contributed by atoms with Gasteiger partial charge in [-0.3, -0.25) is 9.13 Å². The van der Waals surface area contributed by atoms with Gasteiger partial charge in [-0.1, -0.05) is 24.3 Å². The number of nitrogens with one attached hydrogen (secondary N) is 1. The van der Waals surface area contributed by atoms with E-state index in [9.17, 15) is 4.79 Å². The minimum Gasteiger partial charge on any atom is -0.461 e. The van der Waals surface area contributed by atoms with E-state index in [-0.39, 0.29) is 17.5 Å². The molecule has 0 atom stereocenters. The fraction of sp³-hybridized carbons (Fsp3) is 0.500. The van der Waals surface area contributed by atoms with E-state index < -0.39 is 0 Å². The van der Waals surface area contributed by atoms with Crippen LogP contribution >= 0.6 is 0 Å². The van der Waals surface area contributed by atoms with Crippen molar-refractivity contribution in [1.82, 2.24) is 24.4 Å². The largest absolute Gasteiger partial charge is 0.461 e. The van der Waals surface area contributed by atoms with Gasteiger partial charge in [-0.2, -0.15) is 9.97 Å². The third-order valence-corrected chi connectivity index (χ3v) is 5.49. The fourth-order valence-corrected chi connectivity index (χ4v) is 3.70. The van der Waals surface area contributed by atoms with Gasteiger partial charge in [-0.25, -0.2) is 4.79 Å². The molecule has 0 saturated heterocycles. The Hall–Kier alpha value is -2.91. The number of imidazole rings is 1. The van der Waals surface area contributed by atoms with Crippen molar-refractivity contribution in [2.75, 3.05) is 32.6 Å². The Morgan fingerprint density at radius 1 is 1.19 bits per heavy atom. The van der Waals surface area contributed by atoms with E-state index in [1.807, 2.05) is 19.1 Å². The van der Waals surface area contributed by atoms with Crippen molar-refractivity contribution < 1.29 is 9.47 Å². The summed E-state index contributed by atoms with van der Waals surface area (Å²) in [5.41, 5.74) is 9.25. The lowest BCUT2D eigenvalue weighted by molar-refractivity contribution is 0.141. The highest BCUT2D eigenvalue weighted by Gasteiger charge is 2.21. The predicted molar refractivity (Wildman–Crippen MR) is 119 cm³/mol. The standard InChI is InChI=1S/C22H30N6O3/c1-3-27-18-19(23)25-21(31-10-9-30-2)26-20(18)28(22(27)29)14-17-6-4-5-16(11-17)13-24-12-15-7-8-15/h4-6,11,15,24H,3,7-10,12-14H2,1-2H3,(H2,23,25,26). The molecule has 31 heavy (non-hydrogen) atoms. The number of anilines is 1. The van der Waals surface area contributed by atoms with Crippen molar-refractivity contribution in [2.24, 2.45) is 5.92 Å². The van der Waals surface area contributed by atoms with Crippen LogP contribution in [-0.4, -0.2) is 46.0 Å². The van der Waals surface area contributed by atoms with E-state index in [1.54, 1.807) is 16.2 Å². The molecule has 2 aromatic heterocycles. The molecule has 0 spiro atoms. The van der Waals surface area contributed by atoms with Gasteiger partial charge in [-0.15, -0.1) is 0 Å². The van der Waals surface area contributed by atoms with Crippen molar-refractivity contribution in [3.8, 4) is 6.01 Å². The molecule has 1 fully saturated rings. The summed E-state index contributed by atoms with van der Waals surface area (Å²) in [5.74, 6) is 1.07. The first kappa shape index (κ1) is 21.3. The van der Waals surface area contributed by atoms with Gasteiger partial charge in [0.15, 0.2) is 11.5 Å². The first-order valence-corrected chi connectivity index (χ1v) is 10.8. The van der Waals surface area contributed by atoms with Gasteiger partial charge in [0.1, 0.15) is 12.1 Å². The third kappa shape index (κ3) is 4.88. The maximum absolute atomic E-state index is 13.1. The second-order valence-corrected chi connectivity index (χ2v) is 7.91. The highest BCUT2D eigenvalue weighted by molar-refractivity contribution is 5.83. The smallest absolute Gasteiger partial charge is 0.330 e. The maximum Gasteiger partial charge on any atom is 0.330 e. The van der Waals surface area contributed by atoms with Crippen LogP contribution in [0, 0.1) is 5.92 Å². The van der Waals surface area contributed by atoms with Crippen LogP contribution in [0.3, 0.4) is 0 Å². The number of aryl methyl sites for hydroxylation is 1. The van der Waals surface area contributed by atoms with Gasteiger partial charge < -0.3 is 20.5 Å². The van der Waals surface area contributed by atoms with E-state index >= 15 is 0 Å². The van der Waals surface area contributed by atoms with Gasteiger partial charge >= 0.3 is 11.7 Å². The van der Waals surface area contributed by atoms with Crippen LogP contribution in [-0.2, 0) is 24.4 Å². The number of hydrogen-bond donors (Lipinski definition) is 2. The Bertz CT molecular complexity index is 1100. The average molecular weight is 427 g/mol. The highest BCUT2D eigenvalue weighted by atomic mass is 16.5. The molecule has 3 N–H and O–H groups in total. The normalized spacial score (nSPS) is 13.7. The van der Waals surface area contributed by atoms with Crippen LogP contribution < -0.4 is 21.5 Å². The molecule has 2 heterocycles. The molecule has 3 aromatic rings. The molecule has 9 heteroatoms. The van der Waals surface area contributed by atoms with Crippen LogP contribution in [0.1, 0.15) is 30.9 Å². The second-order valence-electron chi connectivity index (χ2n) is 7.91. The number of fused-ring (bicyclic) bond motifs is 1. The first-order chi connectivity index (χ1) is 15.1. The van der Waals surface area contributed by atoms with Crippen molar-refractivity contribution in [3.63, 3.8) is 0 Å². The fourth-order valence-electron chi connectivity index (χ4n) is 3.70. The number of rotatable bonds is 11. The molecule has 166 valence electrons. The molecule has 0 radical (unpaired) electrons. The molecular formula is C22H30N6O3. The number of ether oxygens (including phenoxy) is 2. The molecular weight excluding hydrogens is 396 g/mol. The van der Waals surface area contributed by atoms with Crippen LogP contribution in [0.25, 0.3) is 11.2 Å². The zero-order valence-corrected chi connectivity index (χ0v) is 18.1. The molecule has 0 unspecified atom stereocenters. The van der Waals surface area contributed by atoms with Gasteiger partial charge in [0.2, 0.25) is 0 Å². The highest BCUT2D eigenvalue weighted by Crippen LogP contribution is 2.27. The number of hydrogen-bond acceptors (Lipinski definition) is 7. The SMILES string of the molecule is CCn1c(=O)n(Cc2cccc(CNCC3CC3)c2)c2nc(OCCOC)nc(N)c21. The van der Waals surface area contributed by atoms with Crippen LogP contribution in [0.15, 0.2) is 29.1 Å². The monoisotopic (exact) mass is 426 g/mol. The number of methoxy groups -OCH3 is 1. The predicted octanol–water partition coefficient (Wildman–Crippen LogP) is 1.77. The van der Waals surface area contributed by atoms with E-state index in [1.165, 1.54) is 18.4 Å². The lowest BCUT2D eigenvalue weighted by Gasteiger charge is -2.09. The molecule has 1 aliphatic rings. The summed E-state index contributed by atoms with van der Waals surface area (Å²) < 4.78 is 13.8. The minimum absolute atomic E-state index is 0.141. The summed E-state index contributed by atoms with van der Waals surface area (Å²) >= 11 is 0. The molecule has 0 aliphatic heterocycles. The number of aromatic nitrogens is 4. The summed E-state index contributed by atoms with van der Waals surface area (Å²) in [5, 5.41) is 3.51. The number of nitrogen functional groups attached to an aromatic ring is 1. The number of nitrogens with zero attached hydrogens (tertiary/aromatic N) is 4. The van der Waals surface area contributed by atoms with Crippen molar-refractivity contribution in [2.45, 2.75) is 39.4 Å². The third-order valence-electron chi connectivity index (χ3n) is 5.49. The van der Waals surface area contributed by atoms with E-state index in [4.69, 9.17) is 15.2 Å². The first-order valence-electron chi connectivity index (χ1n) is 10.8. The molecule has 1 aromatic carbocycles. The summed E-state index contributed by atoms with van der Waals surface area (Å²) in [4.78, 5) is 21.8. The average Bonchev–Trinajstić information content (AvgIpc) is 3.54. The van der Waals surface area contributed by atoms with Gasteiger partial charge in [-0.05, 0) is 43.4 Å². The molecule has 9 nitrogen and oxygen atoms in total. The van der Waals surface area contributed by atoms with Crippen LogP contribution in [0.2, 0.25) is 0 Å². The maximum atomic E-state index is 13.1. The summed E-state index contributed by atoms with van der Waals surface area (Å²) in [7, 11) is 1.59. The van der Waals surface area contributed by atoms with Gasteiger partial charge in [0, 0.05) is 20.2 Å². The molecule has 0 amide bonds. The van der Waals surface area contributed by atoms with Crippen molar-refractivity contribution >= 4 is 17.0 Å². The summed E-state index contributed by atoms with van der Waals surface area (Å²) in [6, 6.07) is 8.41. The summed E-state index contributed by atoms with van der Waals surface area (Å²) in [6.45, 7) is 5.37. The zero-order valence-electron chi connectivity index (χ0n) is 18.1.